The number of hydroxylamine groups is 2. The number of amides is 1. The Morgan fingerprint density at radius 3 is 2.64 bits per heavy atom. The predicted octanol–water partition coefficient (Wildman–Crippen LogP) is -0.571. The van der Waals surface area contributed by atoms with Gasteiger partial charge in [-0.25, -0.2) is 5.06 Å². The standard InChI is InChI=1S/C9H19N3O2/c1-11(14-2)9(13)7-12-5-3-8(10)4-6-12/h8H,3-7,10H2,1-2H3. The zero-order chi connectivity index (χ0) is 10.6. The Morgan fingerprint density at radius 2 is 2.14 bits per heavy atom. The van der Waals surface area contributed by atoms with E-state index in [4.69, 9.17) is 10.6 Å². The third-order valence-electron chi connectivity index (χ3n) is 2.62. The van der Waals surface area contributed by atoms with Gasteiger partial charge in [-0.2, -0.15) is 0 Å². The van der Waals surface area contributed by atoms with Gasteiger partial charge in [-0.3, -0.25) is 14.5 Å². The van der Waals surface area contributed by atoms with E-state index in [1.165, 1.54) is 12.2 Å². The van der Waals surface area contributed by atoms with E-state index in [1.807, 2.05) is 0 Å². The molecule has 0 radical (unpaired) electrons. The van der Waals surface area contributed by atoms with Crippen molar-refractivity contribution in [2.75, 3.05) is 33.8 Å². The Bertz CT molecular complexity index is 190. The Morgan fingerprint density at radius 1 is 1.57 bits per heavy atom. The van der Waals surface area contributed by atoms with Crippen molar-refractivity contribution in [3.8, 4) is 0 Å². The second-order valence-electron chi connectivity index (χ2n) is 3.69. The summed E-state index contributed by atoms with van der Waals surface area (Å²) in [5.41, 5.74) is 5.77. The first-order valence-corrected chi connectivity index (χ1v) is 4.92. The summed E-state index contributed by atoms with van der Waals surface area (Å²) in [4.78, 5) is 18.4. The summed E-state index contributed by atoms with van der Waals surface area (Å²) in [6.45, 7) is 2.24. The van der Waals surface area contributed by atoms with Crippen molar-refractivity contribution in [3.05, 3.63) is 0 Å². The monoisotopic (exact) mass is 201 g/mol. The van der Waals surface area contributed by atoms with Crippen LogP contribution < -0.4 is 5.73 Å². The molecule has 5 heteroatoms. The summed E-state index contributed by atoms with van der Waals surface area (Å²) >= 11 is 0. The van der Waals surface area contributed by atoms with Crippen molar-refractivity contribution in [3.63, 3.8) is 0 Å². The van der Waals surface area contributed by atoms with Gasteiger partial charge in [-0.05, 0) is 12.8 Å². The molecule has 1 heterocycles. The van der Waals surface area contributed by atoms with Gasteiger partial charge in [0.25, 0.3) is 5.91 Å². The highest BCUT2D eigenvalue weighted by molar-refractivity contribution is 5.76. The van der Waals surface area contributed by atoms with Crippen molar-refractivity contribution < 1.29 is 9.63 Å². The lowest BCUT2D eigenvalue weighted by molar-refractivity contribution is -0.170. The number of rotatable bonds is 3. The molecule has 0 atom stereocenters. The molecule has 5 nitrogen and oxygen atoms in total. The number of likely N-dealkylation sites (tertiary alicyclic amines) is 1. The SMILES string of the molecule is CON(C)C(=O)CN1CCC(N)CC1. The van der Waals surface area contributed by atoms with Gasteiger partial charge in [-0.15, -0.1) is 0 Å². The van der Waals surface area contributed by atoms with Gasteiger partial charge in [0.05, 0.1) is 13.7 Å². The zero-order valence-electron chi connectivity index (χ0n) is 8.90. The maximum absolute atomic E-state index is 11.5. The fraction of sp³-hybridized carbons (Fsp3) is 0.889. The molecule has 1 amide bonds. The molecule has 0 spiro atoms. The third kappa shape index (κ3) is 3.25. The predicted molar refractivity (Wildman–Crippen MR) is 53.4 cm³/mol. The van der Waals surface area contributed by atoms with E-state index in [2.05, 4.69) is 4.90 Å². The van der Waals surface area contributed by atoms with Crippen LogP contribution in [0.3, 0.4) is 0 Å². The van der Waals surface area contributed by atoms with Crippen LogP contribution in [0.4, 0.5) is 0 Å². The molecule has 0 aromatic rings. The number of piperidine rings is 1. The maximum Gasteiger partial charge on any atom is 0.259 e. The fourth-order valence-electron chi connectivity index (χ4n) is 1.50. The minimum Gasteiger partial charge on any atom is -0.328 e. The summed E-state index contributed by atoms with van der Waals surface area (Å²) in [6.07, 6.45) is 1.95. The summed E-state index contributed by atoms with van der Waals surface area (Å²) in [5, 5.41) is 1.26. The average Bonchev–Trinajstić information content (AvgIpc) is 2.20. The van der Waals surface area contributed by atoms with Crippen LogP contribution in [0.25, 0.3) is 0 Å². The molecule has 0 saturated carbocycles. The zero-order valence-corrected chi connectivity index (χ0v) is 8.90. The molecule has 82 valence electrons. The number of carbonyl (C=O) groups is 1. The Labute approximate surface area is 84.7 Å². The van der Waals surface area contributed by atoms with E-state index in [0.29, 0.717) is 12.6 Å². The van der Waals surface area contributed by atoms with E-state index in [1.54, 1.807) is 7.05 Å². The highest BCUT2D eigenvalue weighted by Crippen LogP contribution is 2.07. The van der Waals surface area contributed by atoms with E-state index in [-0.39, 0.29) is 5.91 Å². The van der Waals surface area contributed by atoms with Gasteiger partial charge < -0.3 is 5.73 Å². The Hall–Kier alpha value is -0.650. The number of hydrogen-bond donors (Lipinski definition) is 1. The molecule has 0 aliphatic carbocycles. The third-order valence-corrected chi connectivity index (χ3v) is 2.62. The lowest BCUT2D eigenvalue weighted by Gasteiger charge is -2.30. The average molecular weight is 201 g/mol. The fourth-order valence-corrected chi connectivity index (χ4v) is 1.50. The van der Waals surface area contributed by atoms with Crippen LogP contribution in [-0.2, 0) is 9.63 Å². The molecule has 0 aromatic heterocycles. The molecule has 0 aromatic carbocycles. The Balaban J connectivity index is 2.27. The first-order chi connectivity index (χ1) is 6.63. The Kier molecular flexibility index (Phi) is 4.31. The molecule has 2 N–H and O–H groups in total. The van der Waals surface area contributed by atoms with E-state index in [9.17, 15) is 4.79 Å². The quantitative estimate of drug-likeness (QED) is 0.621. The van der Waals surface area contributed by atoms with Crippen LogP contribution in [0.1, 0.15) is 12.8 Å². The summed E-state index contributed by atoms with van der Waals surface area (Å²) in [6, 6.07) is 0.307. The van der Waals surface area contributed by atoms with Gasteiger partial charge in [0.2, 0.25) is 0 Å². The summed E-state index contributed by atoms with van der Waals surface area (Å²) in [7, 11) is 3.11. The normalized spacial score (nSPS) is 19.6. The highest BCUT2D eigenvalue weighted by atomic mass is 16.7. The minimum atomic E-state index is -0.0111. The topological polar surface area (TPSA) is 58.8 Å². The number of nitrogens with two attached hydrogens (primary N) is 1. The number of likely N-dealkylation sites (N-methyl/N-ethyl adjacent to an activating group) is 1. The lowest BCUT2D eigenvalue weighted by Crippen LogP contribution is -2.44. The van der Waals surface area contributed by atoms with Crippen molar-refractivity contribution in [1.82, 2.24) is 9.96 Å². The van der Waals surface area contributed by atoms with Crippen molar-refractivity contribution >= 4 is 5.91 Å². The van der Waals surface area contributed by atoms with Crippen molar-refractivity contribution in [1.29, 1.82) is 0 Å². The van der Waals surface area contributed by atoms with Crippen LogP contribution in [-0.4, -0.2) is 55.7 Å². The van der Waals surface area contributed by atoms with Gasteiger partial charge >= 0.3 is 0 Å². The highest BCUT2D eigenvalue weighted by Gasteiger charge is 2.19. The molecule has 0 bridgehead atoms. The first kappa shape index (κ1) is 11.4. The molecule has 1 fully saturated rings. The van der Waals surface area contributed by atoms with E-state index < -0.39 is 0 Å². The molecule has 1 rings (SSSR count). The number of hydrogen-bond acceptors (Lipinski definition) is 4. The van der Waals surface area contributed by atoms with Crippen molar-refractivity contribution in [2.45, 2.75) is 18.9 Å². The van der Waals surface area contributed by atoms with Crippen LogP contribution in [0.5, 0.6) is 0 Å². The first-order valence-electron chi connectivity index (χ1n) is 4.92. The molecule has 1 aliphatic rings. The molecular weight excluding hydrogens is 182 g/mol. The van der Waals surface area contributed by atoms with E-state index in [0.717, 1.165) is 25.9 Å². The van der Waals surface area contributed by atoms with Gasteiger partial charge in [0.15, 0.2) is 0 Å². The molecule has 14 heavy (non-hydrogen) atoms. The van der Waals surface area contributed by atoms with Gasteiger partial charge in [0.1, 0.15) is 0 Å². The van der Waals surface area contributed by atoms with Crippen LogP contribution in [0.2, 0.25) is 0 Å². The summed E-state index contributed by atoms with van der Waals surface area (Å²) in [5.74, 6) is -0.0111. The number of nitrogens with zero attached hydrogens (tertiary/aromatic N) is 2. The van der Waals surface area contributed by atoms with Crippen LogP contribution >= 0.6 is 0 Å². The lowest BCUT2D eigenvalue weighted by atomic mass is 10.1. The van der Waals surface area contributed by atoms with Crippen molar-refractivity contribution in [2.24, 2.45) is 5.73 Å². The maximum atomic E-state index is 11.5. The molecule has 0 unspecified atom stereocenters. The van der Waals surface area contributed by atoms with Gasteiger partial charge in [0, 0.05) is 26.2 Å². The van der Waals surface area contributed by atoms with Gasteiger partial charge in [-0.1, -0.05) is 0 Å². The smallest absolute Gasteiger partial charge is 0.259 e. The largest absolute Gasteiger partial charge is 0.328 e. The summed E-state index contributed by atoms with van der Waals surface area (Å²) < 4.78 is 0. The second-order valence-corrected chi connectivity index (χ2v) is 3.69. The molecule has 1 aliphatic heterocycles. The minimum absolute atomic E-state index is 0.0111. The van der Waals surface area contributed by atoms with Crippen LogP contribution in [0.15, 0.2) is 0 Å². The molecular formula is C9H19N3O2. The van der Waals surface area contributed by atoms with E-state index >= 15 is 0 Å². The second kappa shape index (κ2) is 5.29. The molecule has 1 saturated heterocycles. The van der Waals surface area contributed by atoms with Crippen LogP contribution in [0, 0.1) is 0 Å². The number of carbonyl (C=O) groups excluding carboxylic acids is 1.